The Bertz CT molecular complexity index is 321. The lowest BCUT2D eigenvalue weighted by Gasteiger charge is -2.36. The van der Waals surface area contributed by atoms with Gasteiger partial charge in [0.25, 0.3) is 0 Å². The minimum absolute atomic E-state index is 0.0265. The molecule has 2 nitrogen and oxygen atoms in total. The number of aliphatic hydroxyl groups excluding tert-OH is 1. The van der Waals surface area contributed by atoms with Crippen molar-refractivity contribution in [2.75, 3.05) is 13.1 Å². The van der Waals surface area contributed by atoms with E-state index in [0.29, 0.717) is 0 Å². The topological polar surface area (TPSA) is 23.5 Å². The van der Waals surface area contributed by atoms with Crippen LogP contribution in [0.15, 0.2) is 30.3 Å². The Hall–Kier alpha value is -0.860. The van der Waals surface area contributed by atoms with Crippen LogP contribution in [-0.2, 0) is 5.54 Å². The maximum Gasteiger partial charge on any atom is 0.0679 e. The van der Waals surface area contributed by atoms with E-state index in [0.717, 1.165) is 19.5 Å². The van der Waals surface area contributed by atoms with E-state index in [1.807, 2.05) is 6.07 Å². The molecule has 2 heteroatoms. The van der Waals surface area contributed by atoms with Gasteiger partial charge in [0.2, 0.25) is 0 Å². The molecule has 2 rings (SSSR count). The highest BCUT2D eigenvalue weighted by atomic mass is 16.3. The Balaban J connectivity index is 2.20. The van der Waals surface area contributed by atoms with E-state index in [-0.39, 0.29) is 11.6 Å². The van der Waals surface area contributed by atoms with E-state index in [1.165, 1.54) is 5.56 Å². The lowest BCUT2D eigenvalue weighted by molar-refractivity contribution is 0.118. The number of benzene rings is 1. The molecule has 0 saturated carbocycles. The van der Waals surface area contributed by atoms with E-state index in [1.54, 1.807) is 0 Å². The molecule has 1 aliphatic rings. The first-order valence-electron chi connectivity index (χ1n) is 5.59. The molecular weight excluding hydrogens is 186 g/mol. The Morgan fingerprint density at radius 2 is 1.93 bits per heavy atom. The Morgan fingerprint density at radius 3 is 2.47 bits per heavy atom. The average molecular weight is 205 g/mol. The zero-order valence-corrected chi connectivity index (χ0v) is 9.48. The summed E-state index contributed by atoms with van der Waals surface area (Å²) in [5.41, 5.74) is 1.35. The molecule has 0 aromatic heterocycles. The highest BCUT2D eigenvalue weighted by Gasteiger charge is 2.33. The Kier molecular flexibility index (Phi) is 2.81. The van der Waals surface area contributed by atoms with Gasteiger partial charge in [0.05, 0.1) is 6.10 Å². The average Bonchev–Trinajstić information content (AvgIpc) is 2.67. The number of hydrogen-bond acceptors (Lipinski definition) is 2. The molecule has 82 valence electrons. The molecule has 1 saturated heterocycles. The molecular formula is C13H19NO. The van der Waals surface area contributed by atoms with Crippen molar-refractivity contribution in [3.05, 3.63) is 35.9 Å². The molecule has 1 aromatic rings. The highest BCUT2D eigenvalue weighted by molar-refractivity contribution is 5.23. The van der Waals surface area contributed by atoms with Gasteiger partial charge in [0.15, 0.2) is 0 Å². The van der Waals surface area contributed by atoms with Crippen molar-refractivity contribution in [2.24, 2.45) is 0 Å². The van der Waals surface area contributed by atoms with Crippen LogP contribution in [0.3, 0.4) is 0 Å². The number of likely N-dealkylation sites (tertiary alicyclic amines) is 1. The van der Waals surface area contributed by atoms with Gasteiger partial charge < -0.3 is 5.11 Å². The van der Waals surface area contributed by atoms with Crippen LogP contribution < -0.4 is 0 Å². The van der Waals surface area contributed by atoms with Gasteiger partial charge in [-0.3, -0.25) is 4.90 Å². The molecule has 0 amide bonds. The van der Waals surface area contributed by atoms with Crippen LogP contribution in [0, 0.1) is 0 Å². The van der Waals surface area contributed by atoms with Crippen LogP contribution in [0.2, 0.25) is 0 Å². The molecule has 1 atom stereocenters. The number of hydrogen-bond donors (Lipinski definition) is 1. The van der Waals surface area contributed by atoms with E-state index in [2.05, 4.69) is 43.0 Å². The van der Waals surface area contributed by atoms with Crippen LogP contribution in [0.1, 0.15) is 25.8 Å². The smallest absolute Gasteiger partial charge is 0.0679 e. The number of β-amino-alcohol motifs (C(OH)–C–C–N with tert-alkyl or cyclic N) is 1. The van der Waals surface area contributed by atoms with Crippen molar-refractivity contribution in [1.82, 2.24) is 4.90 Å². The molecule has 1 heterocycles. The van der Waals surface area contributed by atoms with Crippen molar-refractivity contribution in [1.29, 1.82) is 0 Å². The molecule has 0 unspecified atom stereocenters. The van der Waals surface area contributed by atoms with Crippen molar-refractivity contribution < 1.29 is 5.11 Å². The quantitative estimate of drug-likeness (QED) is 0.798. The Labute approximate surface area is 91.5 Å². The predicted molar refractivity (Wildman–Crippen MR) is 61.7 cm³/mol. The standard InChI is InChI=1S/C13H19NO/c1-13(2,11-6-4-3-5-7-11)14-9-8-12(15)10-14/h3-7,12,15H,8-10H2,1-2H3/t12-/m0/s1. The summed E-state index contributed by atoms with van der Waals surface area (Å²) in [6, 6.07) is 10.5. The summed E-state index contributed by atoms with van der Waals surface area (Å²) in [6.07, 6.45) is 0.754. The molecule has 1 N–H and O–H groups in total. The van der Waals surface area contributed by atoms with E-state index >= 15 is 0 Å². The summed E-state index contributed by atoms with van der Waals surface area (Å²) in [5.74, 6) is 0. The zero-order valence-electron chi connectivity index (χ0n) is 9.48. The summed E-state index contributed by atoms with van der Waals surface area (Å²) < 4.78 is 0. The van der Waals surface area contributed by atoms with Gasteiger partial charge in [-0.25, -0.2) is 0 Å². The second kappa shape index (κ2) is 3.95. The molecule has 1 fully saturated rings. The first-order chi connectivity index (χ1) is 7.10. The zero-order chi connectivity index (χ0) is 10.9. The fourth-order valence-corrected chi connectivity index (χ4v) is 2.28. The number of rotatable bonds is 2. The fourth-order valence-electron chi connectivity index (χ4n) is 2.28. The third-order valence-electron chi connectivity index (χ3n) is 3.43. The first kappa shape index (κ1) is 10.7. The van der Waals surface area contributed by atoms with Crippen LogP contribution in [0.25, 0.3) is 0 Å². The van der Waals surface area contributed by atoms with Gasteiger partial charge in [-0.2, -0.15) is 0 Å². The van der Waals surface area contributed by atoms with Crippen LogP contribution >= 0.6 is 0 Å². The van der Waals surface area contributed by atoms with Crippen LogP contribution in [-0.4, -0.2) is 29.2 Å². The first-order valence-corrected chi connectivity index (χ1v) is 5.59. The highest BCUT2D eigenvalue weighted by Crippen LogP contribution is 2.30. The lowest BCUT2D eigenvalue weighted by atomic mass is 9.93. The summed E-state index contributed by atoms with van der Waals surface area (Å²) >= 11 is 0. The molecule has 0 bridgehead atoms. The van der Waals surface area contributed by atoms with Crippen molar-refractivity contribution in [3.8, 4) is 0 Å². The van der Waals surface area contributed by atoms with Gasteiger partial charge in [-0.15, -0.1) is 0 Å². The second-order valence-corrected chi connectivity index (χ2v) is 4.81. The van der Waals surface area contributed by atoms with Crippen molar-refractivity contribution >= 4 is 0 Å². The van der Waals surface area contributed by atoms with Crippen molar-refractivity contribution in [3.63, 3.8) is 0 Å². The monoisotopic (exact) mass is 205 g/mol. The summed E-state index contributed by atoms with van der Waals surface area (Å²) in [5, 5.41) is 9.57. The third kappa shape index (κ3) is 2.06. The van der Waals surface area contributed by atoms with Gasteiger partial charge in [-0.1, -0.05) is 30.3 Å². The summed E-state index contributed by atoms with van der Waals surface area (Å²) in [4.78, 5) is 2.35. The minimum Gasteiger partial charge on any atom is -0.392 e. The van der Waals surface area contributed by atoms with Gasteiger partial charge >= 0.3 is 0 Å². The third-order valence-corrected chi connectivity index (χ3v) is 3.43. The fraction of sp³-hybridized carbons (Fsp3) is 0.538. The molecule has 1 aliphatic heterocycles. The number of aliphatic hydroxyl groups is 1. The van der Waals surface area contributed by atoms with Gasteiger partial charge in [-0.05, 0) is 25.8 Å². The number of nitrogens with zero attached hydrogens (tertiary/aromatic N) is 1. The summed E-state index contributed by atoms with van der Waals surface area (Å²) in [7, 11) is 0. The predicted octanol–water partition coefficient (Wildman–Crippen LogP) is 1.99. The van der Waals surface area contributed by atoms with E-state index in [9.17, 15) is 5.11 Å². The molecule has 15 heavy (non-hydrogen) atoms. The lowest BCUT2D eigenvalue weighted by Crippen LogP contribution is -2.40. The molecule has 0 radical (unpaired) electrons. The van der Waals surface area contributed by atoms with Crippen LogP contribution in [0.5, 0.6) is 0 Å². The van der Waals surface area contributed by atoms with E-state index < -0.39 is 0 Å². The largest absolute Gasteiger partial charge is 0.392 e. The van der Waals surface area contributed by atoms with E-state index in [4.69, 9.17) is 0 Å². The van der Waals surface area contributed by atoms with Crippen molar-refractivity contribution in [2.45, 2.75) is 31.9 Å². The SMILES string of the molecule is CC(C)(c1ccccc1)N1CC[C@H](O)C1. The molecule has 1 aromatic carbocycles. The normalized spacial score (nSPS) is 23.3. The second-order valence-electron chi connectivity index (χ2n) is 4.81. The van der Waals surface area contributed by atoms with Gasteiger partial charge in [0, 0.05) is 18.6 Å². The molecule has 0 aliphatic carbocycles. The Morgan fingerprint density at radius 1 is 1.27 bits per heavy atom. The molecule has 0 spiro atoms. The maximum absolute atomic E-state index is 9.57. The minimum atomic E-state index is -0.145. The van der Waals surface area contributed by atoms with Crippen LogP contribution in [0.4, 0.5) is 0 Å². The van der Waals surface area contributed by atoms with Gasteiger partial charge in [0.1, 0.15) is 0 Å². The maximum atomic E-state index is 9.57. The summed E-state index contributed by atoms with van der Waals surface area (Å²) in [6.45, 7) is 6.23.